The van der Waals surface area contributed by atoms with Crippen molar-refractivity contribution in [3.8, 4) is 0 Å². The summed E-state index contributed by atoms with van der Waals surface area (Å²) < 4.78 is 59.7. The van der Waals surface area contributed by atoms with Crippen LogP contribution in [-0.2, 0) is 29.1 Å². The van der Waals surface area contributed by atoms with E-state index < -0.39 is 43.1 Å². The molecule has 2 amide bonds. The van der Waals surface area contributed by atoms with Crippen LogP contribution in [0.15, 0.2) is 46.7 Å². The Balaban J connectivity index is 0.000000260. The molecular weight excluding hydrogens is 661 g/mol. The van der Waals surface area contributed by atoms with Crippen LogP contribution in [0.2, 0.25) is 0 Å². The van der Waals surface area contributed by atoms with Gasteiger partial charge in [-0.3, -0.25) is 0 Å². The molecule has 0 bridgehead atoms. The molecule has 2 aromatic rings. The second-order valence-electron chi connectivity index (χ2n) is 13.9. The molecule has 0 spiro atoms. The summed E-state index contributed by atoms with van der Waals surface area (Å²) in [6, 6.07) is 5.38. The van der Waals surface area contributed by atoms with Crippen LogP contribution < -0.4 is 10.6 Å². The molecule has 2 aliphatic rings. The Kier molecular flexibility index (Phi) is 12.2. The molecule has 2 saturated carbocycles. The van der Waals surface area contributed by atoms with Gasteiger partial charge in [-0.2, -0.15) is 0 Å². The highest BCUT2D eigenvalue weighted by Gasteiger charge is 2.36. The van der Waals surface area contributed by atoms with E-state index in [2.05, 4.69) is 30.3 Å². The fourth-order valence-corrected chi connectivity index (χ4v) is 8.17. The number of amides is 2. The summed E-state index contributed by atoms with van der Waals surface area (Å²) in [5.41, 5.74) is -0.616. The molecular formula is C32H42N6O8S2. The topological polar surface area (TPSA) is 179 Å². The van der Waals surface area contributed by atoms with Gasteiger partial charge in [-0.05, 0) is 103 Å². The molecule has 0 saturated heterocycles. The molecule has 4 rings (SSSR count). The average Bonchev–Trinajstić information content (AvgIpc) is 2.93. The minimum Gasteiger partial charge on any atom is -0.444 e. The first kappa shape index (κ1) is 38.2. The maximum Gasteiger partial charge on any atom is 0.407 e. The van der Waals surface area contributed by atoms with Gasteiger partial charge in [0.25, 0.3) is 0 Å². The Morgan fingerprint density at radius 1 is 0.729 bits per heavy atom. The van der Waals surface area contributed by atoms with Crippen LogP contribution in [0.5, 0.6) is 0 Å². The second-order valence-corrected chi connectivity index (χ2v) is 17.8. The van der Waals surface area contributed by atoms with E-state index in [-0.39, 0.29) is 56.9 Å². The monoisotopic (exact) mass is 702 g/mol. The number of carbonyl (C=O) groups is 2. The highest BCUT2D eigenvalue weighted by Crippen LogP contribution is 2.32. The molecule has 2 N–H and O–H groups in total. The zero-order valence-electron chi connectivity index (χ0n) is 27.9. The van der Waals surface area contributed by atoms with Crippen molar-refractivity contribution >= 4 is 43.2 Å². The van der Waals surface area contributed by atoms with Crippen LogP contribution >= 0.6 is 0 Å². The SMILES string of the molecule is [C-]#[N+]c1ccnc(S(=O)(=O)CC2CC(NC(=O)OC(C)(C)C)C2)c1.[C-]#[N+]c1ccnc(S(=O)(=O)CC2CC(NC(=O)OC(C)(C)C)C2)c1. The normalized spacial score (nSPS) is 20.6. The van der Waals surface area contributed by atoms with Crippen molar-refractivity contribution < 1.29 is 35.9 Å². The lowest BCUT2D eigenvalue weighted by Crippen LogP contribution is -2.47. The number of carbonyl (C=O) groups excluding carboxylic acids is 2. The highest BCUT2D eigenvalue weighted by molar-refractivity contribution is 7.91. The summed E-state index contributed by atoms with van der Waals surface area (Å²) >= 11 is 0. The molecule has 2 fully saturated rings. The van der Waals surface area contributed by atoms with Crippen molar-refractivity contribution in [1.29, 1.82) is 0 Å². The first-order chi connectivity index (χ1) is 22.2. The van der Waals surface area contributed by atoms with Crippen LogP contribution in [0.25, 0.3) is 9.69 Å². The zero-order valence-corrected chi connectivity index (χ0v) is 29.5. The van der Waals surface area contributed by atoms with E-state index in [0.717, 1.165) is 0 Å². The number of hydrogen-bond donors (Lipinski definition) is 2. The van der Waals surface area contributed by atoms with Crippen molar-refractivity contribution in [2.45, 2.75) is 101 Å². The van der Waals surface area contributed by atoms with Gasteiger partial charge in [-0.25, -0.2) is 46.1 Å². The molecule has 0 aromatic carbocycles. The van der Waals surface area contributed by atoms with Gasteiger partial charge in [0, 0.05) is 24.5 Å². The molecule has 16 heteroatoms. The maximum absolute atomic E-state index is 12.3. The van der Waals surface area contributed by atoms with Crippen LogP contribution in [0.1, 0.15) is 67.2 Å². The molecule has 0 aliphatic heterocycles. The summed E-state index contributed by atoms with van der Waals surface area (Å²) in [6.07, 6.45) is 4.02. The van der Waals surface area contributed by atoms with Gasteiger partial charge in [-0.15, -0.1) is 0 Å². The summed E-state index contributed by atoms with van der Waals surface area (Å²) in [4.78, 5) is 37.5. The molecule has 2 aliphatic carbocycles. The minimum absolute atomic E-state index is 0.0338. The number of sulfone groups is 2. The third kappa shape index (κ3) is 12.1. The van der Waals surface area contributed by atoms with Gasteiger partial charge >= 0.3 is 12.2 Å². The number of alkyl carbamates (subject to hydrolysis) is 2. The van der Waals surface area contributed by atoms with E-state index in [1.54, 1.807) is 41.5 Å². The summed E-state index contributed by atoms with van der Waals surface area (Å²) in [5, 5.41) is 5.33. The summed E-state index contributed by atoms with van der Waals surface area (Å²) in [7, 11) is -7.06. The van der Waals surface area contributed by atoms with E-state index >= 15 is 0 Å². The lowest BCUT2D eigenvalue weighted by atomic mass is 9.82. The van der Waals surface area contributed by atoms with Gasteiger partial charge in [-0.1, -0.05) is 0 Å². The third-order valence-electron chi connectivity index (χ3n) is 7.16. The largest absolute Gasteiger partial charge is 0.444 e. The Hall–Kier alpha value is -4.28. The van der Waals surface area contributed by atoms with Crippen LogP contribution in [0, 0.1) is 25.0 Å². The van der Waals surface area contributed by atoms with E-state index in [9.17, 15) is 26.4 Å². The molecule has 48 heavy (non-hydrogen) atoms. The predicted octanol–water partition coefficient (Wildman–Crippen LogP) is 5.42. The Labute approximate surface area is 282 Å². The second kappa shape index (κ2) is 15.3. The molecule has 0 atom stereocenters. The van der Waals surface area contributed by atoms with E-state index in [0.29, 0.717) is 25.7 Å². The van der Waals surface area contributed by atoms with Gasteiger partial charge in [0.05, 0.1) is 24.6 Å². The number of nitrogens with one attached hydrogen (secondary N) is 2. The number of pyridine rings is 2. The Bertz CT molecular complexity index is 1640. The molecule has 2 aromatic heterocycles. The van der Waals surface area contributed by atoms with Crippen LogP contribution in [0.4, 0.5) is 21.0 Å². The summed E-state index contributed by atoms with van der Waals surface area (Å²) in [6.45, 7) is 24.6. The third-order valence-corrected chi connectivity index (χ3v) is 10.7. The predicted molar refractivity (Wildman–Crippen MR) is 177 cm³/mol. The fraction of sp³-hybridized carbons (Fsp3) is 0.562. The van der Waals surface area contributed by atoms with Gasteiger partial charge < -0.3 is 20.1 Å². The Morgan fingerprint density at radius 3 is 1.35 bits per heavy atom. The number of aromatic nitrogens is 2. The number of rotatable bonds is 8. The lowest BCUT2D eigenvalue weighted by Gasteiger charge is -2.35. The summed E-state index contributed by atoms with van der Waals surface area (Å²) in [5.74, 6) is -0.135. The van der Waals surface area contributed by atoms with Crippen molar-refractivity contribution in [2.24, 2.45) is 11.8 Å². The first-order valence-corrected chi connectivity index (χ1v) is 18.6. The van der Waals surface area contributed by atoms with Crippen molar-refractivity contribution in [3.05, 3.63) is 59.5 Å². The number of ether oxygens (including phenoxy) is 2. The first-order valence-electron chi connectivity index (χ1n) is 15.3. The standard InChI is InChI=1S/2C16H21N3O4S/c2*1-16(2,3)23-15(20)19-13-7-11(8-13)10-24(21,22)14-9-12(17-4)5-6-18-14/h2*5-6,9,11,13H,7-8,10H2,1-3H3,(H,19,20). The van der Waals surface area contributed by atoms with Gasteiger partial charge in [0.1, 0.15) is 21.3 Å². The van der Waals surface area contributed by atoms with Crippen molar-refractivity contribution in [2.75, 3.05) is 11.5 Å². The molecule has 2 heterocycles. The zero-order chi connectivity index (χ0) is 35.9. The molecule has 0 unspecified atom stereocenters. The maximum atomic E-state index is 12.3. The van der Waals surface area contributed by atoms with E-state index in [4.69, 9.17) is 22.6 Å². The van der Waals surface area contributed by atoms with E-state index in [1.165, 1.54) is 36.7 Å². The molecule has 0 radical (unpaired) electrons. The molecule has 260 valence electrons. The van der Waals surface area contributed by atoms with Crippen LogP contribution in [-0.4, -0.2) is 73.8 Å². The smallest absolute Gasteiger partial charge is 0.407 e. The van der Waals surface area contributed by atoms with Gasteiger partial charge in [0.15, 0.2) is 31.0 Å². The van der Waals surface area contributed by atoms with E-state index in [1.807, 2.05) is 0 Å². The van der Waals surface area contributed by atoms with Crippen molar-refractivity contribution in [1.82, 2.24) is 20.6 Å². The number of nitrogens with zero attached hydrogens (tertiary/aromatic N) is 4. The fourth-order valence-electron chi connectivity index (χ4n) is 5.00. The minimum atomic E-state index is -3.53. The lowest BCUT2D eigenvalue weighted by molar-refractivity contribution is 0.0446. The Morgan fingerprint density at radius 2 is 1.06 bits per heavy atom. The quantitative estimate of drug-likeness (QED) is 0.338. The van der Waals surface area contributed by atoms with Crippen LogP contribution in [0.3, 0.4) is 0 Å². The average molecular weight is 703 g/mol. The number of hydrogen-bond acceptors (Lipinski definition) is 10. The highest BCUT2D eigenvalue weighted by atomic mass is 32.2. The van der Waals surface area contributed by atoms with Gasteiger partial charge in [0.2, 0.25) is 0 Å². The molecule has 14 nitrogen and oxygen atoms in total. The van der Waals surface area contributed by atoms with Crippen molar-refractivity contribution in [3.63, 3.8) is 0 Å².